The van der Waals surface area contributed by atoms with Crippen molar-refractivity contribution in [2.24, 2.45) is 0 Å². The van der Waals surface area contributed by atoms with Crippen LogP contribution in [0.25, 0.3) is 0 Å². The van der Waals surface area contributed by atoms with E-state index in [2.05, 4.69) is 34.7 Å². The van der Waals surface area contributed by atoms with E-state index in [1.54, 1.807) is 4.88 Å². The third-order valence-electron chi connectivity index (χ3n) is 3.98. The molecule has 2 rings (SSSR count). The summed E-state index contributed by atoms with van der Waals surface area (Å²) in [5.41, 5.74) is 0.438. The van der Waals surface area contributed by atoms with E-state index in [-0.39, 0.29) is 0 Å². The first-order chi connectivity index (χ1) is 8.24. The van der Waals surface area contributed by atoms with Crippen molar-refractivity contribution in [1.82, 2.24) is 10.2 Å². The Bertz CT molecular complexity index is 313. The molecule has 1 aromatic heterocycles. The molecule has 0 radical (unpaired) electrons. The molecule has 0 aromatic carbocycles. The molecule has 1 aromatic rings. The van der Waals surface area contributed by atoms with Crippen LogP contribution in [0.15, 0.2) is 17.5 Å². The Morgan fingerprint density at radius 2 is 2.18 bits per heavy atom. The first-order valence-electron chi connectivity index (χ1n) is 6.65. The van der Waals surface area contributed by atoms with Gasteiger partial charge in [0.2, 0.25) is 0 Å². The second-order valence-electron chi connectivity index (χ2n) is 5.34. The first-order valence-corrected chi connectivity index (χ1v) is 7.53. The van der Waals surface area contributed by atoms with Crippen molar-refractivity contribution in [2.45, 2.75) is 31.6 Å². The van der Waals surface area contributed by atoms with E-state index in [4.69, 9.17) is 0 Å². The molecule has 1 aliphatic heterocycles. The minimum atomic E-state index is 0.438. The van der Waals surface area contributed by atoms with Crippen LogP contribution >= 0.6 is 11.3 Å². The number of hydrogen-bond donors (Lipinski definition) is 1. The van der Waals surface area contributed by atoms with Gasteiger partial charge in [-0.25, -0.2) is 0 Å². The molecular weight excluding hydrogens is 228 g/mol. The first kappa shape index (κ1) is 13.1. The van der Waals surface area contributed by atoms with Gasteiger partial charge in [0.1, 0.15) is 0 Å². The lowest BCUT2D eigenvalue weighted by Crippen LogP contribution is -2.41. The Morgan fingerprint density at radius 1 is 1.41 bits per heavy atom. The highest BCUT2D eigenvalue weighted by Crippen LogP contribution is 2.37. The summed E-state index contributed by atoms with van der Waals surface area (Å²) in [6, 6.07) is 4.49. The van der Waals surface area contributed by atoms with Crippen LogP contribution in [0.4, 0.5) is 0 Å². The van der Waals surface area contributed by atoms with Gasteiger partial charge in [-0.2, -0.15) is 0 Å². The molecule has 0 unspecified atom stereocenters. The zero-order valence-electron chi connectivity index (χ0n) is 11.0. The SMILES string of the molecule is CNCCCN1CCC(C)(c2cccs2)CC1. The monoisotopic (exact) mass is 252 g/mol. The molecule has 0 amide bonds. The van der Waals surface area contributed by atoms with E-state index in [1.807, 2.05) is 18.4 Å². The van der Waals surface area contributed by atoms with E-state index in [0.29, 0.717) is 5.41 Å². The van der Waals surface area contributed by atoms with Gasteiger partial charge < -0.3 is 10.2 Å². The Kier molecular flexibility index (Phi) is 4.60. The molecule has 1 saturated heterocycles. The van der Waals surface area contributed by atoms with Crippen LogP contribution in [-0.2, 0) is 5.41 Å². The standard InChI is InChI=1S/C14H24N2S/c1-14(13-5-3-12-17-13)6-10-16(11-7-14)9-4-8-15-2/h3,5,12,15H,4,6-11H2,1-2H3. The van der Waals surface area contributed by atoms with Crippen molar-refractivity contribution in [3.8, 4) is 0 Å². The topological polar surface area (TPSA) is 15.3 Å². The highest BCUT2D eigenvalue weighted by atomic mass is 32.1. The van der Waals surface area contributed by atoms with Gasteiger partial charge in [-0.15, -0.1) is 11.3 Å². The summed E-state index contributed by atoms with van der Waals surface area (Å²) in [7, 11) is 2.03. The molecule has 3 heteroatoms. The van der Waals surface area contributed by atoms with Crippen molar-refractivity contribution in [3.05, 3.63) is 22.4 Å². The number of nitrogens with one attached hydrogen (secondary N) is 1. The summed E-state index contributed by atoms with van der Waals surface area (Å²) in [6.07, 6.45) is 3.90. The Labute approximate surface area is 109 Å². The highest BCUT2D eigenvalue weighted by molar-refractivity contribution is 7.10. The fraction of sp³-hybridized carbons (Fsp3) is 0.714. The van der Waals surface area contributed by atoms with E-state index < -0.39 is 0 Å². The minimum Gasteiger partial charge on any atom is -0.320 e. The number of nitrogens with zero attached hydrogens (tertiary/aromatic N) is 1. The number of likely N-dealkylation sites (tertiary alicyclic amines) is 1. The molecule has 0 saturated carbocycles. The number of piperidine rings is 1. The van der Waals surface area contributed by atoms with E-state index >= 15 is 0 Å². The van der Waals surface area contributed by atoms with Gasteiger partial charge in [0.05, 0.1) is 0 Å². The summed E-state index contributed by atoms with van der Waals surface area (Å²) in [5.74, 6) is 0. The van der Waals surface area contributed by atoms with Crippen molar-refractivity contribution in [3.63, 3.8) is 0 Å². The molecule has 0 bridgehead atoms. The van der Waals surface area contributed by atoms with Gasteiger partial charge in [0.25, 0.3) is 0 Å². The largest absolute Gasteiger partial charge is 0.320 e. The number of rotatable bonds is 5. The summed E-state index contributed by atoms with van der Waals surface area (Å²) >= 11 is 1.92. The smallest absolute Gasteiger partial charge is 0.0105 e. The van der Waals surface area contributed by atoms with Gasteiger partial charge in [0.15, 0.2) is 0 Å². The van der Waals surface area contributed by atoms with Crippen LogP contribution in [0.3, 0.4) is 0 Å². The third kappa shape index (κ3) is 3.30. The molecule has 1 N–H and O–H groups in total. The predicted octanol–water partition coefficient (Wildman–Crippen LogP) is 2.71. The van der Waals surface area contributed by atoms with Crippen molar-refractivity contribution in [1.29, 1.82) is 0 Å². The summed E-state index contributed by atoms with van der Waals surface area (Å²) in [4.78, 5) is 4.19. The fourth-order valence-electron chi connectivity index (χ4n) is 2.62. The molecule has 1 aliphatic rings. The molecule has 0 atom stereocenters. The Hall–Kier alpha value is -0.380. The molecule has 96 valence electrons. The van der Waals surface area contributed by atoms with Crippen molar-refractivity contribution >= 4 is 11.3 Å². The third-order valence-corrected chi connectivity index (χ3v) is 5.15. The van der Waals surface area contributed by atoms with Crippen LogP contribution in [0, 0.1) is 0 Å². The normalized spacial score (nSPS) is 20.6. The van der Waals surface area contributed by atoms with Crippen molar-refractivity contribution < 1.29 is 0 Å². The zero-order valence-corrected chi connectivity index (χ0v) is 11.9. The quantitative estimate of drug-likeness (QED) is 0.811. The average Bonchev–Trinajstić information content (AvgIpc) is 2.86. The van der Waals surface area contributed by atoms with Crippen LogP contribution in [0.2, 0.25) is 0 Å². The number of thiophene rings is 1. The van der Waals surface area contributed by atoms with Crippen LogP contribution in [0.1, 0.15) is 31.1 Å². The zero-order chi connectivity index (χ0) is 12.1. The summed E-state index contributed by atoms with van der Waals surface area (Å²) in [5, 5.41) is 5.43. The molecule has 17 heavy (non-hydrogen) atoms. The maximum atomic E-state index is 3.22. The predicted molar refractivity (Wildman–Crippen MR) is 75.9 cm³/mol. The molecule has 0 aliphatic carbocycles. The number of hydrogen-bond acceptors (Lipinski definition) is 3. The summed E-state index contributed by atoms with van der Waals surface area (Å²) in [6.45, 7) is 7.35. The minimum absolute atomic E-state index is 0.438. The lowest BCUT2D eigenvalue weighted by molar-refractivity contribution is 0.169. The maximum absolute atomic E-state index is 3.22. The van der Waals surface area contributed by atoms with Gasteiger partial charge in [-0.3, -0.25) is 0 Å². The van der Waals surface area contributed by atoms with Gasteiger partial charge in [-0.1, -0.05) is 13.0 Å². The lowest BCUT2D eigenvalue weighted by Gasteiger charge is -2.39. The lowest BCUT2D eigenvalue weighted by atomic mass is 9.79. The maximum Gasteiger partial charge on any atom is 0.0105 e. The molecule has 0 spiro atoms. The molecule has 1 fully saturated rings. The average molecular weight is 252 g/mol. The van der Waals surface area contributed by atoms with E-state index in [1.165, 1.54) is 38.9 Å². The molecular formula is C14H24N2S. The van der Waals surface area contributed by atoms with E-state index in [0.717, 1.165) is 6.54 Å². The van der Waals surface area contributed by atoms with Gasteiger partial charge in [-0.05, 0) is 63.9 Å². The molecule has 2 nitrogen and oxygen atoms in total. The highest BCUT2D eigenvalue weighted by Gasteiger charge is 2.32. The van der Waals surface area contributed by atoms with Crippen LogP contribution in [-0.4, -0.2) is 38.1 Å². The Balaban J connectivity index is 1.81. The Morgan fingerprint density at radius 3 is 2.76 bits per heavy atom. The van der Waals surface area contributed by atoms with E-state index in [9.17, 15) is 0 Å². The second-order valence-corrected chi connectivity index (χ2v) is 6.28. The fourth-order valence-corrected chi connectivity index (χ4v) is 3.57. The van der Waals surface area contributed by atoms with Crippen LogP contribution < -0.4 is 5.32 Å². The van der Waals surface area contributed by atoms with Crippen molar-refractivity contribution in [2.75, 3.05) is 33.2 Å². The van der Waals surface area contributed by atoms with Crippen LogP contribution in [0.5, 0.6) is 0 Å². The van der Waals surface area contributed by atoms with Gasteiger partial charge >= 0.3 is 0 Å². The summed E-state index contributed by atoms with van der Waals surface area (Å²) < 4.78 is 0. The molecule has 2 heterocycles. The second kappa shape index (κ2) is 5.98. The van der Waals surface area contributed by atoms with Gasteiger partial charge in [0, 0.05) is 10.3 Å².